The monoisotopic (exact) mass is 241 g/mol. The molecule has 0 saturated heterocycles. The highest BCUT2D eigenvalue weighted by atomic mass is 16.7. The maximum Gasteiger partial charge on any atom is 0.512 e. The smallest absolute Gasteiger partial charge is 0.449 e. The molecule has 1 N–H and O–H groups in total. The fourth-order valence-corrected chi connectivity index (χ4v) is 1.42. The summed E-state index contributed by atoms with van der Waals surface area (Å²) in [6.45, 7) is 0. The van der Waals surface area contributed by atoms with Crippen LogP contribution in [0.2, 0.25) is 0 Å². The first-order valence-electron chi connectivity index (χ1n) is 5.35. The molecule has 0 amide bonds. The van der Waals surface area contributed by atoms with Crippen LogP contribution in [0.1, 0.15) is 11.3 Å². The Hall–Kier alpha value is -2.62. The molecule has 0 bridgehead atoms. The second-order valence-electron chi connectivity index (χ2n) is 3.51. The van der Waals surface area contributed by atoms with Gasteiger partial charge in [0.25, 0.3) is 0 Å². The zero-order valence-electron chi connectivity index (χ0n) is 9.48. The van der Waals surface area contributed by atoms with E-state index in [0.29, 0.717) is 5.69 Å². The summed E-state index contributed by atoms with van der Waals surface area (Å²) in [4.78, 5) is 14.4. The summed E-state index contributed by atoms with van der Waals surface area (Å²) in [6.07, 6.45) is 2.32. The summed E-state index contributed by atoms with van der Waals surface area (Å²) in [5.74, 6) is 0.0673. The molecule has 0 aliphatic heterocycles. The number of carbonyl (C=O) groups is 1. The molecule has 0 saturated carbocycles. The predicted molar refractivity (Wildman–Crippen MR) is 68.3 cm³/mol. The van der Waals surface area contributed by atoms with Gasteiger partial charge >= 0.3 is 6.16 Å². The van der Waals surface area contributed by atoms with E-state index in [-0.39, 0.29) is 5.88 Å². The van der Waals surface area contributed by atoms with Gasteiger partial charge in [-0.1, -0.05) is 42.5 Å². The molecule has 0 aliphatic carbocycles. The first-order valence-corrected chi connectivity index (χ1v) is 5.35. The number of pyridine rings is 1. The van der Waals surface area contributed by atoms with Crippen LogP contribution in [0.3, 0.4) is 0 Å². The minimum absolute atomic E-state index is 0.0673. The molecular weight excluding hydrogens is 230 g/mol. The van der Waals surface area contributed by atoms with E-state index in [1.54, 1.807) is 18.2 Å². The molecule has 0 aliphatic rings. The number of nitrogens with zero attached hydrogens (tertiary/aromatic N) is 1. The quantitative estimate of drug-likeness (QED) is 0.837. The van der Waals surface area contributed by atoms with Crippen molar-refractivity contribution >= 4 is 18.3 Å². The van der Waals surface area contributed by atoms with Crippen molar-refractivity contribution < 1.29 is 14.6 Å². The summed E-state index contributed by atoms with van der Waals surface area (Å²) >= 11 is 0. The molecule has 0 fully saturated rings. The number of rotatable bonds is 3. The Kier molecular flexibility index (Phi) is 3.71. The van der Waals surface area contributed by atoms with Gasteiger partial charge in [0.2, 0.25) is 5.88 Å². The average molecular weight is 241 g/mol. The van der Waals surface area contributed by atoms with E-state index in [1.807, 2.05) is 36.4 Å². The van der Waals surface area contributed by atoms with Crippen LogP contribution in [0.25, 0.3) is 12.2 Å². The van der Waals surface area contributed by atoms with Crippen molar-refractivity contribution in [1.82, 2.24) is 4.98 Å². The van der Waals surface area contributed by atoms with Gasteiger partial charge in [-0.15, -0.1) is 0 Å². The Morgan fingerprint density at radius 2 is 1.83 bits per heavy atom. The third-order valence-electron chi connectivity index (χ3n) is 2.18. The molecule has 1 aromatic heterocycles. The van der Waals surface area contributed by atoms with Gasteiger partial charge in [0.05, 0.1) is 5.69 Å². The van der Waals surface area contributed by atoms with Gasteiger partial charge in [-0.2, -0.15) is 0 Å². The van der Waals surface area contributed by atoms with E-state index < -0.39 is 6.16 Å². The van der Waals surface area contributed by atoms with Crippen molar-refractivity contribution in [3.05, 3.63) is 59.8 Å². The summed E-state index contributed by atoms with van der Waals surface area (Å²) in [6, 6.07) is 14.7. The largest absolute Gasteiger partial charge is 0.512 e. The molecule has 2 rings (SSSR count). The highest BCUT2D eigenvalue weighted by Crippen LogP contribution is 2.11. The number of hydrogen-bond donors (Lipinski definition) is 1. The van der Waals surface area contributed by atoms with Crippen molar-refractivity contribution in [3.8, 4) is 5.88 Å². The molecule has 18 heavy (non-hydrogen) atoms. The van der Waals surface area contributed by atoms with Crippen LogP contribution < -0.4 is 4.74 Å². The Bertz CT molecular complexity index is 564. The molecule has 4 nitrogen and oxygen atoms in total. The standard InChI is InChI=1S/C14H11NO3/c16-14(17)18-13-8-4-7-12(15-13)10-9-11-5-2-1-3-6-11/h1-10H,(H,16,17). The summed E-state index contributed by atoms with van der Waals surface area (Å²) < 4.78 is 4.48. The number of hydrogen-bond acceptors (Lipinski definition) is 3. The number of carboxylic acid groups (broad SMARTS) is 1. The van der Waals surface area contributed by atoms with Crippen molar-refractivity contribution in [2.45, 2.75) is 0 Å². The van der Waals surface area contributed by atoms with Crippen molar-refractivity contribution in [2.75, 3.05) is 0 Å². The highest BCUT2D eigenvalue weighted by Gasteiger charge is 2.01. The highest BCUT2D eigenvalue weighted by molar-refractivity contribution is 5.68. The van der Waals surface area contributed by atoms with Crippen LogP contribution in [-0.2, 0) is 0 Å². The minimum atomic E-state index is -1.37. The second-order valence-corrected chi connectivity index (χ2v) is 3.51. The SMILES string of the molecule is O=C(O)Oc1cccc(C=Cc2ccccc2)n1. The van der Waals surface area contributed by atoms with Gasteiger partial charge in [0, 0.05) is 6.07 Å². The molecular formula is C14H11NO3. The lowest BCUT2D eigenvalue weighted by atomic mass is 10.2. The third kappa shape index (κ3) is 3.45. The molecule has 2 aromatic rings. The lowest BCUT2D eigenvalue weighted by Gasteiger charge is -1.99. The normalized spacial score (nSPS) is 10.4. The third-order valence-corrected chi connectivity index (χ3v) is 2.18. The van der Waals surface area contributed by atoms with E-state index in [0.717, 1.165) is 5.56 Å². The van der Waals surface area contributed by atoms with E-state index in [9.17, 15) is 4.79 Å². The maximum absolute atomic E-state index is 10.4. The molecule has 1 heterocycles. The van der Waals surface area contributed by atoms with E-state index >= 15 is 0 Å². The zero-order chi connectivity index (χ0) is 12.8. The van der Waals surface area contributed by atoms with Gasteiger partial charge < -0.3 is 9.84 Å². The van der Waals surface area contributed by atoms with Crippen LogP contribution in [0.5, 0.6) is 5.88 Å². The molecule has 1 aromatic carbocycles. The number of ether oxygens (including phenoxy) is 1. The van der Waals surface area contributed by atoms with Crippen molar-refractivity contribution in [2.24, 2.45) is 0 Å². The van der Waals surface area contributed by atoms with Crippen LogP contribution >= 0.6 is 0 Å². The summed E-state index contributed by atoms with van der Waals surface area (Å²) in [5, 5.41) is 8.49. The van der Waals surface area contributed by atoms with Gasteiger partial charge in [0.1, 0.15) is 0 Å². The van der Waals surface area contributed by atoms with Gasteiger partial charge in [-0.3, -0.25) is 0 Å². The Labute approximate surface area is 104 Å². The van der Waals surface area contributed by atoms with E-state index in [1.165, 1.54) is 6.07 Å². The lowest BCUT2D eigenvalue weighted by molar-refractivity contribution is 0.142. The molecule has 90 valence electrons. The van der Waals surface area contributed by atoms with Crippen molar-refractivity contribution in [1.29, 1.82) is 0 Å². The maximum atomic E-state index is 10.4. The first-order chi connectivity index (χ1) is 8.74. The number of aromatic nitrogens is 1. The molecule has 0 spiro atoms. The summed E-state index contributed by atoms with van der Waals surface area (Å²) in [5.41, 5.74) is 1.68. The Balaban J connectivity index is 2.14. The van der Waals surface area contributed by atoms with Crippen LogP contribution in [0.4, 0.5) is 4.79 Å². The molecule has 0 atom stereocenters. The predicted octanol–water partition coefficient (Wildman–Crippen LogP) is 3.31. The molecule has 0 radical (unpaired) electrons. The second kappa shape index (κ2) is 5.63. The summed E-state index contributed by atoms with van der Waals surface area (Å²) in [7, 11) is 0. The van der Waals surface area contributed by atoms with Crippen molar-refractivity contribution in [3.63, 3.8) is 0 Å². The Morgan fingerprint density at radius 1 is 1.06 bits per heavy atom. The van der Waals surface area contributed by atoms with Gasteiger partial charge in [-0.05, 0) is 17.7 Å². The van der Waals surface area contributed by atoms with Gasteiger partial charge in [-0.25, -0.2) is 9.78 Å². The average Bonchev–Trinajstić information content (AvgIpc) is 2.37. The van der Waals surface area contributed by atoms with Crippen LogP contribution in [0, 0.1) is 0 Å². The zero-order valence-corrected chi connectivity index (χ0v) is 9.48. The van der Waals surface area contributed by atoms with E-state index in [2.05, 4.69) is 9.72 Å². The fraction of sp³-hybridized carbons (Fsp3) is 0. The number of benzene rings is 1. The van der Waals surface area contributed by atoms with Crippen LogP contribution in [-0.4, -0.2) is 16.2 Å². The van der Waals surface area contributed by atoms with E-state index in [4.69, 9.17) is 5.11 Å². The van der Waals surface area contributed by atoms with Gasteiger partial charge in [0.15, 0.2) is 0 Å². The molecule has 4 heteroatoms. The van der Waals surface area contributed by atoms with Crippen LogP contribution in [0.15, 0.2) is 48.5 Å². The molecule has 0 unspecified atom stereocenters. The minimum Gasteiger partial charge on any atom is -0.449 e. The Morgan fingerprint density at radius 3 is 2.56 bits per heavy atom. The topological polar surface area (TPSA) is 59.4 Å². The fourth-order valence-electron chi connectivity index (χ4n) is 1.42. The lowest BCUT2D eigenvalue weighted by Crippen LogP contribution is -2.04. The first kappa shape index (κ1) is 11.9.